The van der Waals surface area contributed by atoms with E-state index in [1.807, 2.05) is 6.92 Å². The highest BCUT2D eigenvalue weighted by Gasteiger charge is 2.54. The lowest BCUT2D eigenvalue weighted by Crippen LogP contribution is -2.71. The number of amides is 3. The Morgan fingerprint density at radius 2 is 2.09 bits per heavy atom. The molecule has 9 nitrogen and oxygen atoms in total. The molecule has 2 aliphatic heterocycles. The molecule has 0 bridgehead atoms. The molecule has 1 aromatic heterocycles. The lowest BCUT2D eigenvalue weighted by Gasteiger charge is -2.49. The van der Waals surface area contributed by atoms with Gasteiger partial charge in [0.2, 0.25) is 0 Å². The van der Waals surface area contributed by atoms with Gasteiger partial charge in [-0.15, -0.1) is 22.0 Å². The highest BCUT2D eigenvalue weighted by Crippen LogP contribution is 2.41. The van der Waals surface area contributed by atoms with Gasteiger partial charge in [0.15, 0.2) is 4.34 Å². The summed E-state index contributed by atoms with van der Waals surface area (Å²) < 4.78 is 0.741. The van der Waals surface area contributed by atoms with Crippen molar-refractivity contribution in [2.24, 2.45) is 0 Å². The smallest absolute Gasteiger partial charge is 0.352 e. The number of aryl methyl sites for hydroxylation is 1. The Morgan fingerprint density at radius 3 is 2.76 bits per heavy atom. The number of carbonyl (C=O) groups excluding carboxylic acids is 2. The molecule has 174 valence electrons. The van der Waals surface area contributed by atoms with Crippen molar-refractivity contribution in [1.29, 1.82) is 0 Å². The summed E-state index contributed by atoms with van der Waals surface area (Å²) in [6.07, 6.45) is 0. The summed E-state index contributed by atoms with van der Waals surface area (Å²) in [5.74, 6) is -0.796. The van der Waals surface area contributed by atoms with Crippen LogP contribution < -0.4 is 10.6 Å². The first-order chi connectivity index (χ1) is 15.7. The number of carbonyl (C=O) groups is 3. The molecule has 3 amide bonds. The molecule has 2 aliphatic rings. The molecule has 1 unspecified atom stereocenters. The largest absolute Gasteiger partial charge is 0.477 e. The summed E-state index contributed by atoms with van der Waals surface area (Å²) in [5, 5.41) is 24.2. The van der Waals surface area contributed by atoms with E-state index in [-0.39, 0.29) is 12.2 Å². The molecule has 4 rings (SSSR count). The van der Waals surface area contributed by atoms with Gasteiger partial charge in [0.1, 0.15) is 22.1 Å². The fraction of sp³-hybridized carbons (Fsp3) is 0.316. The van der Waals surface area contributed by atoms with Crippen molar-refractivity contribution in [1.82, 2.24) is 25.7 Å². The second-order valence-corrected chi connectivity index (χ2v) is 11.4. The molecule has 14 heteroatoms. The highest BCUT2D eigenvalue weighted by molar-refractivity contribution is 8.01. The van der Waals surface area contributed by atoms with Crippen molar-refractivity contribution in [3.8, 4) is 0 Å². The minimum absolute atomic E-state index is 0.0215. The van der Waals surface area contributed by atoms with Crippen molar-refractivity contribution in [3.63, 3.8) is 0 Å². The maximum atomic E-state index is 12.7. The maximum absolute atomic E-state index is 12.7. The summed E-state index contributed by atoms with van der Waals surface area (Å²) in [4.78, 5) is 38.3. The number of thioether (sulfide) groups is 2. The van der Waals surface area contributed by atoms with Gasteiger partial charge in [0.05, 0.1) is 10.0 Å². The summed E-state index contributed by atoms with van der Waals surface area (Å²) in [6.45, 7) is 2.04. The minimum atomic E-state index is -1.17. The molecule has 3 heterocycles. The van der Waals surface area contributed by atoms with Crippen LogP contribution in [0.1, 0.15) is 10.6 Å². The molecule has 0 saturated carbocycles. The number of aromatic nitrogens is 2. The normalized spacial score (nSPS) is 19.7. The molecule has 0 spiro atoms. The molecule has 1 fully saturated rings. The Balaban J connectivity index is 1.37. The standard InChI is InChI=1S/C19H17Cl2N5O4S3/c1-8-24-25-19(33-8)32-7-10-6-31-16-13(15(27)26(16)14(10)17(28)29)23-18(30)22-5-9-2-3-11(20)12(21)4-9/h2-4,13,16H,5-7H2,1H3,(H,28,29)(H2,22,23,30)/t13?,16-/m1/s1. The number of nitrogens with zero attached hydrogens (tertiary/aromatic N) is 3. The Hall–Kier alpha value is -1.99. The van der Waals surface area contributed by atoms with Gasteiger partial charge in [-0.25, -0.2) is 9.59 Å². The fourth-order valence-corrected chi connectivity index (χ4v) is 6.93. The van der Waals surface area contributed by atoms with E-state index >= 15 is 0 Å². The van der Waals surface area contributed by atoms with E-state index in [4.69, 9.17) is 23.2 Å². The van der Waals surface area contributed by atoms with E-state index in [1.165, 1.54) is 39.8 Å². The number of urea groups is 1. The van der Waals surface area contributed by atoms with E-state index < -0.39 is 29.3 Å². The summed E-state index contributed by atoms with van der Waals surface area (Å²) in [6, 6.07) is 3.66. The second kappa shape index (κ2) is 10.1. The number of rotatable bonds is 7. The molecule has 2 aromatic rings. The van der Waals surface area contributed by atoms with E-state index in [2.05, 4.69) is 20.8 Å². The van der Waals surface area contributed by atoms with Crippen LogP contribution in [0.15, 0.2) is 33.8 Å². The Labute approximate surface area is 211 Å². The van der Waals surface area contributed by atoms with Crippen molar-refractivity contribution < 1.29 is 19.5 Å². The number of benzene rings is 1. The number of hydrogen-bond donors (Lipinski definition) is 3. The van der Waals surface area contributed by atoms with Crippen LogP contribution in [0.4, 0.5) is 4.79 Å². The monoisotopic (exact) mass is 545 g/mol. The SMILES string of the molecule is Cc1nnc(SCC2=C(C(=O)O)N3C(=O)C(NC(=O)NCc4ccc(Cl)c(Cl)c4)[C@H]3SC2)s1. The second-order valence-electron chi connectivity index (χ2n) is 7.10. The van der Waals surface area contributed by atoms with Crippen LogP contribution in [0.2, 0.25) is 10.0 Å². The van der Waals surface area contributed by atoms with Gasteiger partial charge in [-0.05, 0) is 30.2 Å². The van der Waals surface area contributed by atoms with Crippen molar-refractivity contribution in [2.45, 2.75) is 29.2 Å². The molecule has 2 atom stereocenters. The number of β-lactam (4-membered cyclic amide) rings is 1. The number of carboxylic acids is 1. The summed E-state index contributed by atoms with van der Waals surface area (Å²) in [7, 11) is 0. The molecule has 1 aromatic carbocycles. The third kappa shape index (κ3) is 5.24. The average molecular weight is 546 g/mol. The number of nitrogens with one attached hydrogen (secondary N) is 2. The molecule has 0 radical (unpaired) electrons. The van der Waals surface area contributed by atoms with Gasteiger partial charge in [-0.1, -0.05) is 52.4 Å². The van der Waals surface area contributed by atoms with E-state index in [0.29, 0.717) is 27.1 Å². The van der Waals surface area contributed by atoms with Crippen LogP contribution in [-0.2, 0) is 16.1 Å². The van der Waals surface area contributed by atoms with Crippen LogP contribution in [0.5, 0.6) is 0 Å². The third-order valence-corrected chi connectivity index (χ3v) is 8.99. The van der Waals surface area contributed by atoms with Gasteiger partial charge < -0.3 is 15.7 Å². The predicted molar refractivity (Wildman–Crippen MR) is 129 cm³/mol. The number of halogens is 2. The summed E-state index contributed by atoms with van der Waals surface area (Å²) in [5.41, 5.74) is 1.36. The number of fused-ring (bicyclic) bond motifs is 1. The van der Waals surface area contributed by atoms with Gasteiger partial charge >= 0.3 is 12.0 Å². The van der Waals surface area contributed by atoms with Crippen LogP contribution in [0.25, 0.3) is 0 Å². The lowest BCUT2D eigenvalue weighted by molar-refractivity contribution is -0.148. The van der Waals surface area contributed by atoms with Gasteiger partial charge in [0.25, 0.3) is 5.91 Å². The van der Waals surface area contributed by atoms with Crippen LogP contribution in [-0.4, -0.2) is 61.0 Å². The van der Waals surface area contributed by atoms with Gasteiger partial charge in [-0.2, -0.15) is 0 Å². The quantitative estimate of drug-likeness (QED) is 0.357. The molecular formula is C19H17Cl2N5O4S3. The predicted octanol–water partition coefficient (Wildman–Crippen LogP) is 3.37. The first-order valence-electron chi connectivity index (χ1n) is 9.55. The zero-order valence-corrected chi connectivity index (χ0v) is 21.0. The van der Waals surface area contributed by atoms with Gasteiger partial charge in [0, 0.05) is 18.1 Å². The first-order valence-corrected chi connectivity index (χ1v) is 13.2. The molecular weight excluding hydrogens is 529 g/mol. The Bertz CT molecular complexity index is 1160. The van der Waals surface area contributed by atoms with Crippen LogP contribution in [0.3, 0.4) is 0 Å². The van der Waals surface area contributed by atoms with Crippen LogP contribution >= 0.6 is 58.1 Å². The molecule has 0 aliphatic carbocycles. The Morgan fingerprint density at radius 1 is 1.30 bits per heavy atom. The van der Waals surface area contributed by atoms with Gasteiger partial charge in [-0.3, -0.25) is 9.69 Å². The maximum Gasteiger partial charge on any atom is 0.352 e. The molecule has 33 heavy (non-hydrogen) atoms. The minimum Gasteiger partial charge on any atom is -0.477 e. The lowest BCUT2D eigenvalue weighted by atomic mass is 10.0. The topological polar surface area (TPSA) is 125 Å². The number of hydrogen-bond acceptors (Lipinski definition) is 8. The van der Waals surface area contributed by atoms with Crippen molar-refractivity contribution in [2.75, 3.05) is 11.5 Å². The van der Waals surface area contributed by atoms with E-state index in [0.717, 1.165) is 14.9 Å². The average Bonchev–Trinajstić information content (AvgIpc) is 3.21. The Kier molecular flexibility index (Phi) is 7.39. The number of aliphatic carboxylic acids is 1. The number of carboxylic acid groups (broad SMARTS) is 1. The summed E-state index contributed by atoms with van der Waals surface area (Å²) >= 11 is 16.1. The third-order valence-electron chi connectivity index (χ3n) is 4.85. The van der Waals surface area contributed by atoms with E-state index in [1.54, 1.807) is 18.2 Å². The first kappa shape index (κ1) is 24.1. The molecule has 3 N–H and O–H groups in total. The fourth-order valence-electron chi connectivity index (χ4n) is 3.30. The van der Waals surface area contributed by atoms with Crippen LogP contribution in [0, 0.1) is 6.92 Å². The molecule has 1 saturated heterocycles. The zero-order valence-electron chi connectivity index (χ0n) is 17.0. The van der Waals surface area contributed by atoms with Crippen molar-refractivity contribution in [3.05, 3.63) is 50.1 Å². The van der Waals surface area contributed by atoms with E-state index in [9.17, 15) is 19.5 Å². The zero-order chi connectivity index (χ0) is 23.7. The highest BCUT2D eigenvalue weighted by atomic mass is 35.5. The van der Waals surface area contributed by atoms with Crippen molar-refractivity contribution >= 4 is 76.0 Å².